The van der Waals surface area contributed by atoms with Crippen LogP contribution < -0.4 is 10.6 Å². The molecule has 0 aliphatic carbocycles. The van der Waals surface area contributed by atoms with Gasteiger partial charge in [-0.2, -0.15) is 0 Å². The molecule has 25 heavy (non-hydrogen) atoms. The van der Waals surface area contributed by atoms with Gasteiger partial charge in [0.05, 0.1) is 6.10 Å². The molecule has 3 atom stereocenters. The second-order valence-electron chi connectivity index (χ2n) is 6.39. The molecule has 5 heteroatoms. The van der Waals surface area contributed by atoms with E-state index in [-0.39, 0.29) is 23.8 Å². The van der Waals surface area contributed by atoms with E-state index in [0.717, 1.165) is 5.69 Å². The number of hydrogen-bond donors (Lipinski definition) is 3. The molecule has 3 N–H and O–H groups in total. The molecular formula is C20H25FN2O2. The zero-order valence-corrected chi connectivity index (χ0v) is 14.6. The lowest BCUT2D eigenvalue weighted by Gasteiger charge is -2.22. The Morgan fingerprint density at radius 1 is 1.04 bits per heavy atom. The van der Waals surface area contributed by atoms with Crippen molar-refractivity contribution < 1.29 is 14.3 Å². The highest BCUT2D eigenvalue weighted by molar-refractivity contribution is 5.90. The number of para-hydroxylation sites is 1. The maximum Gasteiger partial charge on any atom is 0.225 e. The van der Waals surface area contributed by atoms with E-state index in [2.05, 4.69) is 10.6 Å². The summed E-state index contributed by atoms with van der Waals surface area (Å²) < 4.78 is 12.9. The molecule has 0 aliphatic rings. The molecule has 1 amide bonds. The summed E-state index contributed by atoms with van der Waals surface area (Å²) in [4.78, 5) is 12.0. The summed E-state index contributed by atoms with van der Waals surface area (Å²) in [6.45, 7) is 3.89. The van der Waals surface area contributed by atoms with E-state index in [9.17, 15) is 14.3 Å². The third-order valence-corrected chi connectivity index (χ3v) is 3.95. The van der Waals surface area contributed by atoms with Gasteiger partial charge in [0.1, 0.15) is 5.82 Å². The van der Waals surface area contributed by atoms with Crippen LogP contribution in [0.15, 0.2) is 54.6 Å². The molecule has 0 saturated heterocycles. The van der Waals surface area contributed by atoms with Crippen LogP contribution in [0.2, 0.25) is 0 Å². The summed E-state index contributed by atoms with van der Waals surface area (Å²) in [5.41, 5.74) is 1.46. The zero-order chi connectivity index (χ0) is 18.2. The number of rotatable bonds is 8. The van der Waals surface area contributed by atoms with Gasteiger partial charge in [0.25, 0.3) is 0 Å². The Balaban J connectivity index is 1.76. The molecule has 0 aromatic heterocycles. The minimum absolute atomic E-state index is 0.0135. The number of benzene rings is 2. The third kappa shape index (κ3) is 6.64. The van der Waals surface area contributed by atoms with Crippen molar-refractivity contribution in [1.82, 2.24) is 5.32 Å². The second kappa shape index (κ2) is 9.30. The van der Waals surface area contributed by atoms with Crippen LogP contribution in [0.3, 0.4) is 0 Å². The molecule has 0 heterocycles. The van der Waals surface area contributed by atoms with Crippen molar-refractivity contribution in [3.8, 4) is 0 Å². The molecule has 0 spiro atoms. The predicted octanol–water partition coefficient (Wildman–Crippen LogP) is 3.64. The summed E-state index contributed by atoms with van der Waals surface area (Å²) in [5.74, 6) is -0.377. The molecule has 2 aromatic carbocycles. The molecule has 0 aliphatic heterocycles. The lowest BCUT2D eigenvalue weighted by atomic mass is 10.0. The lowest BCUT2D eigenvalue weighted by molar-refractivity contribution is -0.116. The number of hydrogen-bond acceptors (Lipinski definition) is 3. The van der Waals surface area contributed by atoms with Gasteiger partial charge in [-0.05, 0) is 50.1 Å². The van der Waals surface area contributed by atoms with Crippen LogP contribution in [-0.2, 0) is 4.79 Å². The fraction of sp³-hybridized carbons (Fsp3) is 0.350. The van der Waals surface area contributed by atoms with Crippen LogP contribution in [0.1, 0.15) is 38.4 Å². The maximum absolute atomic E-state index is 12.9. The van der Waals surface area contributed by atoms with Crippen molar-refractivity contribution in [3.63, 3.8) is 0 Å². The van der Waals surface area contributed by atoms with E-state index < -0.39 is 6.10 Å². The Kier molecular flexibility index (Phi) is 7.10. The van der Waals surface area contributed by atoms with Crippen LogP contribution in [0.5, 0.6) is 0 Å². The van der Waals surface area contributed by atoms with Crippen molar-refractivity contribution in [1.29, 1.82) is 0 Å². The Hall–Kier alpha value is -2.24. The molecule has 0 bridgehead atoms. The summed E-state index contributed by atoms with van der Waals surface area (Å²) in [6.07, 6.45) is 0.149. The van der Waals surface area contributed by atoms with Crippen LogP contribution >= 0.6 is 0 Å². The Bertz CT molecular complexity index is 661. The summed E-state index contributed by atoms with van der Waals surface area (Å²) >= 11 is 0. The number of halogens is 1. The molecule has 0 saturated carbocycles. The van der Waals surface area contributed by atoms with Crippen LogP contribution in [0, 0.1) is 5.82 Å². The van der Waals surface area contributed by atoms with Crippen LogP contribution in [-0.4, -0.2) is 23.1 Å². The minimum atomic E-state index is -0.673. The number of aliphatic hydroxyl groups excluding tert-OH is 1. The van der Waals surface area contributed by atoms with Crippen molar-refractivity contribution in [2.45, 2.75) is 44.9 Å². The van der Waals surface area contributed by atoms with Crippen LogP contribution in [0.25, 0.3) is 0 Å². The topological polar surface area (TPSA) is 61.4 Å². The molecule has 3 unspecified atom stereocenters. The van der Waals surface area contributed by atoms with Gasteiger partial charge in [0.2, 0.25) is 5.91 Å². The molecule has 4 nitrogen and oxygen atoms in total. The van der Waals surface area contributed by atoms with Gasteiger partial charge >= 0.3 is 0 Å². The van der Waals surface area contributed by atoms with E-state index in [0.29, 0.717) is 18.4 Å². The molecule has 134 valence electrons. The highest BCUT2D eigenvalue weighted by Crippen LogP contribution is 2.19. The van der Waals surface area contributed by atoms with E-state index >= 15 is 0 Å². The molecular weight excluding hydrogens is 319 g/mol. The monoisotopic (exact) mass is 344 g/mol. The SMILES string of the molecule is CC(CC(=O)Nc1ccccc1)NC(C)CC(O)c1ccc(F)cc1. The lowest BCUT2D eigenvalue weighted by Crippen LogP contribution is -2.37. The van der Waals surface area contributed by atoms with Gasteiger partial charge in [0.15, 0.2) is 0 Å². The number of nitrogens with one attached hydrogen (secondary N) is 2. The van der Waals surface area contributed by atoms with Crippen LogP contribution in [0.4, 0.5) is 10.1 Å². The highest BCUT2D eigenvalue weighted by Gasteiger charge is 2.16. The zero-order valence-electron chi connectivity index (χ0n) is 14.6. The fourth-order valence-corrected chi connectivity index (χ4v) is 2.78. The standard InChI is InChI=1S/C20H25FN2O2/c1-14(12-19(24)16-8-10-17(21)11-9-16)22-15(2)13-20(25)23-18-6-4-3-5-7-18/h3-11,14-15,19,22,24H,12-13H2,1-2H3,(H,23,25). The number of amides is 1. The summed E-state index contributed by atoms with van der Waals surface area (Å²) in [6, 6.07) is 15.2. The number of aliphatic hydroxyl groups is 1. The van der Waals surface area contributed by atoms with E-state index in [1.165, 1.54) is 12.1 Å². The first-order chi connectivity index (χ1) is 11.9. The van der Waals surface area contributed by atoms with Gasteiger partial charge in [-0.3, -0.25) is 4.79 Å². The number of carbonyl (C=O) groups excluding carboxylic acids is 1. The third-order valence-electron chi connectivity index (χ3n) is 3.95. The second-order valence-corrected chi connectivity index (χ2v) is 6.39. The first-order valence-corrected chi connectivity index (χ1v) is 8.48. The van der Waals surface area contributed by atoms with Gasteiger partial charge in [-0.1, -0.05) is 30.3 Å². The van der Waals surface area contributed by atoms with E-state index in [1.54, 1.807) is 12.1 Å². The summed E-state index contributed by atoms with van der Waals surface area (Å²) in [7, 11) is 0. The predicted molar refractivity (Wildman–Crippen MR) is 97.7 cm³/mol. The molecule has 0 fully saturated rings. The number of anilines is 1. The molecule has 2 aromatic rings. The van der Waals surface area contributed by atoms with Crippen molar-refractivity contribution in [2.75, 3.05) is 5.32 Å². The van der Waals surface area contributed by atoms with Gasteiger partial charge in [-0.25, -0.2) is 4.39 Å². The average Bonchev–Trinajstić information content (AvgIpc) is 2.55. The number of carbonyl (C=O) groups is 1. The van der Waals surface area contributed by atoms with E-state index in [4.69, 9.17) is 0 Å². The first kappa shape index (κ1) is 19.1. The Morgan fingerprint density at radius 3 is 2.32 bits per heavy atom. The van der Waals surface area contributed by atoms with E-state index in [1.807, 2.05) is 44.2 Å². The largest absolute Gasteiger partial charge is 0.388 e. The summed E-state index contributed by atoms with van der Waals surface area (Å²) in [5, 5.41) is 16.4. The van der Waals surface area contributed by atoms with Gasteiger partial charge in [0, 0.05) is 24.2 Å². The minimum Gasteiger partial charge on any atom is -0.388 e. The fourth-order valence-electron chi connectivity index (χ4n) is 2.78. The Morgan fingerprint density at radius 2 is 1.68 bits per heavy atom. The molecule has 2 rings (SSSR count). The molecule has 0 radical (unpaired) electrons. The quantitative estimate of drug-likeness (QED) is 0.685. The van der Waals surface area contributed by atoms with Crippen molar-refractivity contribution in [2.24, 2.45) is 0 Å². The van der Waals surface area contributed by atoms with Gasteiger partial charge in [-0.15, -0.1) is 0 Å². The Labute approximate surface area is 148 Å². The highest BCUT2D eigenvalue weighted by atomic mass is 19.1. The van der Waals surface area contributed by atoms with Crippen molar-refractivity contribution >= 4 is 11.6 Å². The van der Waals surface area contributed by atoms with Gasteiger partial charge < -0.3 is 15.7 Å². The average molecular weight is 344 g/mol. The maximum atomic E-state index is 12.9. The first-order valence-electron chi connectivity index (χ1n) is 8.48. The smallest absolute Gasteiger partial charge is 0.225 e. The van der Waals surface area contributed by atoms with Crippen molar-refractivity contribution in [3.05, 3.63) is 66.0 Å². The normalized spacial score (nSPS) is 14.6.